The lowest BCUT2D eigenvalue weighted by atomic mass is 9.81. The summed E-state index contributed by atoms with van der Waals surface area (Å²) in [5.41, 5.74) is 2.60. The summed E-state index contributed by atoms with van der Waals surface area (Å²) >= 11 is 0. The lowest BCUT2D eigenvalue weighted by molar-refractivity contribution is -0.234. The molecule has 3 saturated heterocycles. The van der Waals surface area contributed by atoms with Gasteiger partial charge in [-0.1, -0.05) is 60.7 Å². The van der Waals surface area contributed by atoms with Crippen molar-refractivity contribution in [3.05, 3.63) is 71.8 Å². The quantitative estimate of drug-likeness (QED) is 0.821. The minimum absolute atomic E-state index is 0.0366. The molecule has 142 valence electrons. The molecule has 0 saturated carbocycles. The standard InChI is InChI=1S/C23H26O4/c1-23(2)26-21-20-19(25-22(21)27-23)18(16-11-7-4-8-12-16)14-17(24-20)13-15-9-5-3-6-10-15/h3-12,17-22H,13-14H2,1-2H3/t17-,18-,19+,20-,21+,22+/m0/s1. The topological polar surface area (TPSA) is 36.9 Å². The number of fused-ring (bicyclic) bond motifs is 3. The van der Waals surface area contributed by atoms with Crippen LogP contribution in [0.15, 0.2) is 60.7 Å². The maximum atomic E-state index is 6.54. The highest BCUT2D eigenvalue weighted by molar-refractivity contribution is 5.25. The van der Waals surface area contributed by atoms with Gasteiger partial charge in [0.2, 0.25) is 0 Å². The van der Waals surface area contributed by atoms with Gasteiger partial charge in [0.25, 0.3) is 0 Å². The first kappa shape index (κ1) is 17.4. The molecule has 0 N–H and O–H groups in total. The highest BCUT2D eigenvalue weighted by Crippen LogP contribution is 2.47. The van der Waals surface area contributed by atoms with E-state index in [2.05, 4.69) is 60.7 Å². The van der Waals surface area contributed by atoms with E-state index in [0.717, 1.165) is 12.8 Å². The van der Waals surface area contributed by atoms with Crippen LogP contribution in [0, 0.1) is 0 Å². The van der Waals surface area contributed by atoms with Crippen LogP contribution < -0.4 is 0 Å². The Kier molecular flexibility index (Phi) is 4.32. The molecule has 0 spiro atoms. The van der Waals surface area contributed by atoms with Crippen LogP contribution in [0.4, 0.5) is 0 Å². The molecule has 3 fully saturated rings. The average molecular weight is 366 g/mol. The second-order valence-corrected chi connectivity index (χ2v) is 8.23. The van der Waals surface area contributed by atoms with Crippen LogP contribution in [0.1, 0.15) is 37.3 Å². The van der Waals surface area contributed by atoms with Gasteiger partial charge in [-0.05, 0) is 37.8 Å². The van der Waals surface area contributed by atoms with E-state index in [9.17, 15) is 0 Å². The van der Waals surface area contributed by atoms with Gasteiger partial charge in [0, 0.05) is 5.92 Å². The Morgan fingerprint density at radius 3 is 2.26 bits per heavy atom. The van der Waals surface area contributed by atoms with Gasteiger partial charge in [-0.25, -0.2) is 0 Å². The van der Waals surface area contributed by atoms with Crippen molar-refractivity contribution in [2.24, 2.45) is 0 Å². The highest BCUT2D eigenvalue weighted by atomic mass is 16.8. The molecular formula is C23H26O4. The van der Waals surface area contributed by atoms with E-state index in [1.807, 2.05) is 13.8 Å². The summed E-state index contributed by atoms with van der Waals surface area (Å²) in [7, 11) is 0. The molecule has 6 atom stereocenters. The summed E-state index contributed by atoms with van der Waals surface area (Å²) in [5.74, 6) is -0.349. The Balaban J connectivity index is 1.43. The van der Waals surface area contributed by atoms with E-state index in [4.69, 9.17) is 18.9 Å². The molecule has 5 rings (SSSR count). The molecule has 4 nitrogen and oxygen atoms in total. The Morgan fingerprint density at radius 1 is 0.815 bits per heavy atom. The summed E-state index contributed by atoms with van der Waals surface area (Å²) < 4.78 is 25.0. The fourth-order valence-corrected chi connectivity index (χ4v) is 4.71. The maximum Gasteiger partial charge on any atom is 0.190 e. The molecule has 0 aliphatic carbocycles. The third kappa shape index (κ3) is 3.32. The molecular weight excluding hydrogens is 340 g/mol. The lowest BCUT2D eigenvalue weighted by Crippen LogP contribution is -2.47. The van der Waals surface area contributed by atoms with Crippen molar-refractivity contribution in [1.29, 1.82) is 0 Å². The van der Waals surface area contributed by atoms with Crippen molar-refractivity contribution in [3.63, 3.8) is 0 Å². The van der Waals surface area contributed by atoms with Crippen LogP contribution >= 0.6 is 0 Å². The minimum atomic E-state index is -0.627. The van der Waals surface area contributed by atoms with Gasteiger partial charge in [-0.15, -0.1) is 0 Å². The van der Waals surface area contributed by atoms with Crippen LogP contribution in [-0.4, -0.2) is 36.5 Å². The molecule has 3 aliphatic rings. The number of benzene rings is 2. The predicted octanol–water partition coefficient (Wildman–Crippen LogP) is 4.05. The Labute approximate surface area is 160 Å². The normalized spacial score (nSPS) is 37.0. The zero-order valence-corrected chi connectivity index (χ0v) is 15.8. The van der Waals surface area contributed by atoms with Crippen molar-refractivity contribution in [2.45, 2.75) is 69.1 Å². The Morgan fingerprint density at radius 2 is 1.52 bits per heavy atom. The average Bonchev–Trinajstić information content (AvgIpc) is 3.15. The van der Waals surface area contributed by atoms with Crippen molar-refractivity contribution in [2.75, 3.05) is 0 Å². The Bertz CT molecular complexity index is 775. The molecule has 0 unspecified atom stereocenters. The monoisotopic (exact) mass is 366 g/mol. The van der Waals surface area contributed by atoms with Crippen molar-refractivity contribution >= 4 is 0 Å². The third-order valence-electron chi connectivity index (χ3n) is 5.82. The predicted molar refractivity (Wildman–Crippen MR) is 101 cm³/mol. The van der Waals surface area contributed by atoms with E-state index in [-0.39, 0.29) is 36.6 Å². The van der Waals surface area contributed by atoms with Gasteiger partial charge in [0.1, 0.15) is 12.2 Å². The molecule has 4 heteroatoms. The first-order valence-electron chi connectivity index (χ1n) is 9.84. The maximum absolute atomic E-state index is 6.54. The number of rotatable bonds is 3. The zero-order chi connectivity index (χ0) is 18.4. The molecule has 27 heavy (non-hydrogen) atoms. The largest absolute Gasteiger partial charge is 0.369 e. The number of hydrogen-bond donors (Lipinski definition) is 0. The molecule has 3 heterocycles. The SMILES string of the molecule is CC1(C)O[C@H]2O[C@H]3[C@H](O[C@@H](Cc4ccccc4)C[C@H]3c3ccccc3)[C@H]2O1. The zero-order valence-electron chi connectivity index (χ0n) is 15.8. The van der Waals surface area contributed by atoms with E-state index in [1.165, 1.54) is 11.1 Å². The first-order chi connectivity index (χ1) is 13.1. The van der Waals surface area contributed by atoms with Crippen LogP contribution in [0.5, 0.6) is 0 Å². The third-order valence-corrected chi connectivity index (χ3v) is 5.82. The van der Waals surface area contributed by atoms with Crippen LogP contribution in [0.3, 0.4) is 0 Å². The highest BCUT2D eigenvalue weighted by Gasteiger charge is 2.59. The molecule has 0 bridgehead atoms. The van der Waals surface area contributed by atoms with Crippen molar-refractivity contribution in [1.82, 2.24) is 0 Å². The summed E-state index contributed by atoms with van der Waals surface area (Å²) in [6.07, 6.45) is 1.30. The van der Waals surface area contributed by atoms with E-state index in [0.29, 0.717) is 0 Å². The van der Waals surface area contributed by atoms with Crippen LogP contribution in [-0.2, 0) is 25.4 Å². The molecule has 0 radical (unpaired) electrons. The Hall–Kier alpha value is -1.72. The van der Waals surface area contributed by atoms with Crippen molar-refractivity contribution < 1.29 is 18.9 Å². The van der Waals surface area contributed by atoms with Gasteiger partial charge < -0.3 is 18.9 Å². The molecule has 0 aromatic heterocycles. The van der Waals surface area contributed by atoms with Gasteiger partial charge in [0.15, 0.2) is 12.1 Å². The van der Waals surface area contributed by atoms with Crippen LogP contribution in [0.25, 0.3) is 0 Å². The second kappa shape index (κ2) is 6.71. The molecule has 2 aromatic carbocycles. The van der Waals surface area contributed by atoms with Crippen LogP contribution in [0.2, 0.25) is 0 Å². The smallest absolute Gasteiger partial charge is 0.190 e. The summed E-state index contributed by atoms with van der Waals surface area (Å²) in [4.78, 5) is 0. The number of hydrogen-bond acceptors (Lipinski definition) is 4. The fraction of sp³-hybridized carbons (Fsp3) is 0.478. The van der Waals surface area contributed by atoms with Gasteiger partial charge in [-0.2, -0.15) is 0 Å². The van der Waals surface area contributed by atoms with Gasteiger partial charge >= 0.3 is 0 Å². The molecule has 0 amide bonds. The summed E-state index contributed by atoms with van der Waals surface area (Å²) in [6.45, 7) is 3.87. The van der Waals surface area contributed by atoms with Crippen molar-refractivity contribution in [3.8, 4) is 0 Å². The summed E-state index contributed by atoms with van der Waals surface area (Å²) in [5, 5.41) is 0. The summed E-state index contributed by atoms with van der Waals surface area (Å²) in [6, 6.07) is 21.2. The van der Waals surface area contributed by atoms with E-state index < -0.39 is 5.79 Å². The first-order valence-corrected chi connectivity index (χ1v) is 9.84. The second-order valence-electron chi connectivity index (χ2n) is 8.23. The molecule has 3 aliphatic heterocycles. The minimum Gasteiger partial charge on any atom is -0.369 e. The van der Waals surface area contributed by atoms with E-state index >= 15 is 0 Å². The fourth-order valence-electron chi connectivity index (χ4n) is 4.71. The van der Waals surface area contributed by atoms with Gasteiger partial charge in [0.05, 0.1) is 12.2 Å². The molecule has 2 aromatic rings. The van der Waals surface area contributed by atoms with E-state index in [1.54, 1.807) is 0 Å². The number of ether oxygens (including phenoxy) is 4. The van der Waals surface area contributed by atoms with Gasteiger partial charge in [-0.3, -0.25) is 0 Å². The lowest BCUT2D eigenvalue weighted by Gasteiger charge is -2.40.